The van der Waals surface area contributed by atoms with Gasteiger partial charge in [-0.15, -0.1) is 0 Å². The minimum atomic E-state index is -0.981. The molecule has 5 heteroatoms. The third kappa shape index (κ3) is 15.6. The van der Waals surface area contributed by atoms with Crippen LogP contribution in [0.5, 0.6) is 0 Å². The van der Waals surface area contributed by atoms with Crippen LogP contribution in [0.15, 0.2) is 12.7 Å². The van der Waals surface area contributed by atoms with Gasteiger partial charge in [-0.1, -0.05) is 6.58 Å². The molecule has 16 heavy (non-hydrogen) atoms. The van der Waals surface area contributed by atoms with Crippen LogP contribution in [-0.4, -0.2) is 43.8 Å². The molecule has 0 radical (unpaired) electrons. The molecule has 0 bridgehead atoms. The summed E-state index contributed by atoms with van der Waals surface area (Å²) in [6.07, 6.45) is 0.643. The number of aliphatic carboxylic acids is 1. The lowest BCUT2D eigenvalue weighted by Gasteiger charge is -2.15. The maximum Gasteiger partial charge on any atom is 0.327 e. The van der Waals surface area contributed by atoms with Gasteiger partial charge in [0.05, 0.1) is 6.61 Å². The van der Waals surface area contributed by atoms with Crippen molar-refractivity contribution in [1.29, 1.82) is 0 Å². The number of carboxylic acid groups (broad SMARTS) is 1. The first-order valence-electron chi connectivity index (χ1n) is 5.28. The fourth-order valence-electron chi connectivity index (χ4n) is 0.730. The highest BCUT2D eigenvalue weighted by Gasteiger charge is 2.05. The summed E-state index contributed by atoms with van der Waals surface area (Å²) in [5, 5.41) is 7.60. The van der Waals surface area contributed by atoms with Crippen molar-refractivity contribution in [2.24, 2.45) is 0 Å². The predicted octanol–water partition coefficient (Wildman–Crippen LogP) is 1.68. The largest absolute Gasteiger partial charge is 0.478 e. The molecule has 0 spiro atoms. The first kappa shape index (κ1) is 17.5. The summed E-state index contributed by atoms with van der Waals surface area (Å²) in [5.74, 6) is -0.981. The van der Waals surface area contributed by atoms with Gasteiger partial charge in [0.15, 0.2) is 6.29 Å². The van der Waals surface area contributed by atoms with Crippen LogP contribution < -0.4 is 0 Å². The van der Waals surface area contributed by atoms with E-state index in [2.05, 4.69) is 6.58 Å². The molecule has 0 aromatic heterocycles. The van der Waals surface area contributed by atoms with Gasteiger partial charge in [-0.05, 0) is 20.8 Å². The Morgan fingerprint density at radius 3 is 1.94 bits per heavy atom. The van der Waals surface area contributed by atoms with Crippen LogP contribution in [0.3, 0.4) is 0 Å². The molecule has 0 aliphatic carbocycles. The SMILES string of the molecule is C=CC(=O)O.CCOCC(OCC)OCC. The molecule has 0 aromatic rings. The van der Waals surface area contributed by atoms with E-state index in [0.717, 1.165) is 6.08 Å². The zero-order valence-corrected chi connectivity index (χ0v) is 10.3. The topological polar surface area (TPSA) is 65.0 Å². The molecule has 0 saturated carbocycles. The van der Waals surface area contributed by atoms with E-state index >= 15 is 0 Å². The van der Waals surface area contributed by atoms with E-state index in [4.69, 9.17) is 19.3 Å². The Hall–Kier alpha value is -0.910. The number of carbonyl (C=O) groups is 1. The van der Waals surface area contributed by atoms with Crippen LogP contribution in [0, 0.1) is 0 Å². The molecule has 0 atom stereocenters. The summed E-state index contributed by atoms with van der Waals surface area (Å²) in [6, 6.07) is 0. The summed E-state index contributed by atoms with van der Waals surface area (Å²) in [6.45, 7) is 11.4. The molecule has 1 N–H and O–H groups in total. The monoisotopic (exact) mass is 234 g/mol. The first-order chi connectivity index (χ1) is 7.62. The molecule has 0 unspecified atom stereocenters. The van der Waals surface area contributed by atoms with Crippen molar-refractivity contribution in [3.05, 3.63) is 12.7 Å². The summed E-state index contributed by atoms with van der Waals surface area (Å²) in [5.41, 5.74) is 0. The Balaban J connectivity index is 0. The lowest BCUT2D eigenvalue weighted by molar-refractivity contribution is -0.166. The highest BCUT2D eigenvalue weighted by Crippen LogP contribution is 1.95. The van der Waals surface area contributed by atoms with Gasteiger partial charge >= 0.3 is 5.97 Å². The molecule has 0 rings (SSSR count). The molecule has 0 aromatic carbocycles. The van der Waals surface area contributed by atoms with Crippen molar-refractivity contribution >= 4 is 5.97 Å². The quantitative estimate of drug-likeness (QED) is 0.511. The van der Waals surface area contributed by atoms with E-state index in [1.807, 2.05) is 20.8 Å². The Morgan fingerprint density at radius 1 is 1.25 bits per heavy atom. The standard InChI is InChI=1S/C8H18O3.C3H4O2/c1-4-9-7-8(10-5-2)11-6-3;1-2-3(4)5/h8H,4-7H2,1-3H3;2H,1H2,(H,4,5). The van der Waals surface area contributed by atoms with Crippen LogP contribution in [0.4, 0.5) is 0 Å². The Morgan fingerprint density at radius 2 is 1.69 bits per heavy atom. The van der Waals surface area contributed by atoms with Gasteiger partial charge in [-0.2, -0.15) is 0 Å². The zero-order valence-electron chi connectivity index (χ0n) is 10.3. The minimum Gasteiger partial charge on any atom is -0.478 e. The van der Waals surface area contributed by atoms with Gasteiger partial charge in [-0.3, -0.25) is 0 Å². The van der Waals surface area contributed by atoms with E-state index in [1.165, 1.54) is 0 Å². The molecule has 0 heterocycles. The van der Waals surface area contributed by atoms with Crippen LogP contribution >= 0.6 is 0 Å². The van der Waals surface area contributed by atoms with Crippen LogP contribution in [0.1, 0.15) is 20.8 Å². The van der Waals surface area contributed by atoms with Gasteiger partial charge < -0.3 is 19.3 Å². The Kier molecular flexibility index (Phi) is 15.4. The fourth-order valence-corrected chi connectivity index (χ4v) is 0.730. The maximum absolute atomic E-state index is 9.25. The smallest absolute Gasteiger partial charge is 0.327 e. The van der Waals surface area contributed by atoms with Gasteiger partial charge in [0.1, 0.15) is 0 Å². The predicted molar refractivity (Wildman–Crippen MR) is 61.4 cm³/mol. The van der Waals surface area contributed by atoms with Crippen molar-refractivity contribution in [3.8, 4) is 0 Å². The second kappa shape index (κ2) is 14.1. The molecular weight excluding hydrogens is 212 g/mol. The van der Waals surface area contributed by atoms with Crippen LogP contribution in [0.2, 0.25) is 0 Å². The van der Waals surface area contributed by atoms with Crippen molar-refractivity contribution < 1.29 is 24.1 Å². The van der Waals surface area contributed by atoms with Crippen LogP contribution in [-0.2, 0) is 19.0 Å². The third-order valence-corrected chi connectivity index (χ3v) is 1.34. The average Bonchev–Trinajstić information content (AvgIpc) is 2.27. The van der Waals surface area contributed by atoms with Gasteiger partial charge in [-0.25, -0.2) is 4.79 Å². The molecule has 0 saturated heterocycles. The summed E-state index contributed by atoms with van der Waals surface area (Å²) in [4.78, 5) is 9.25. The number of hydrogen-bond donors (Lipinski definition) is 1. The lowest BCUT2D eigenvalue weighted by atomic mass is 10.6. The van der Waals surface area contributed by atoms with E-state index < -0.39 is 5.97 Å². The molecule has 0 aliphatic heterocycles. The van der Waals surface area contributed by atoms with Gasteiger partial charge in [0.2, 0.25) is 0 Å². The van der Waals surface area contributed by atoms with Crippen molar-refractivity contribution in [1.82, 2.24) is 0 Å². The lowest BCUT2D eigenvalue weighted by Crippen LogP contribution is -2.23. The number of ether oxygens (including phenoxy) is 3. The second-order valence-electron chi connectivity index (χ2n) is 2.54. The van der Waals surface area contributed by atoms with Gasteiger partial charge in [0, 0.05) is 25.9 Å². The van der Waals surface area contributed by atoms with E-state index in [0.29, 0.717) is 26.4 Å². The highest BCUT2D eigenvalue weighted by molar-refractivity contribution is 5.78. The molecular formula is C11H22O5. The average molecular weight is 234 g/mol. The third-order valence-electron chi connectivity index (χ3n) is 1.34. The van der Waals surface area contributed by atoms with Crippen molar-refractivity contribution in [3.63, 3.8) is 0 Å². The molecule has 0 amide bonds. The van der Waals surface area contributed by atoms with Gasteiger partial charge in [0.25, 0.3) is 0 Å². The Labute approximate surface area is 97.0 Å². The highest BCUT2D eigenvalue weighted by atomic mass is 16.7. The second-order valence-corrected chi connectivity index (χ2v) is 2.54. The molecule has 5 nitrogen and oxygen atoms in total. The van der Waals surface area contributed by atoms with E-state index in [-0.39, 0.29) is 6.29 Å². The fraction of sp³-hybridized carbons (Fsp3) is 0.727. The van der Waals surface area contributed by atoms with Crippen molar-refractivity contribution in [2.45, 2.75) is 27.1 Å². The van der Waals surface area contributed by atoms with E-state index in [9.17, 15) is 4.79 Å². The zero-order chi connectivity index (χ0) is 12.8. The first-order valence-corrected chi connectivity index (χ1v) is 5.28. The normalized spacial score (nSPS) is 9.50. The molecule has 0 fully saturated rings. The number of carboxylic acids is 1. The van der Waals surface area contributed by atoms with Crippen molar-refractivity contribution in [2.75, 3.05) is 26.4 Å². The number of hydrogen-bond acceptors (Lipinski definition) is 4. The molecule has 0 aliphatic rings. The minimum absolute atomic E-state index is 0.190. The maximum atomic E-state index is 9.25. The summed E-state index contributed by atoms with van der Waals surface area (Å²) in [7, 11) is 0. The summed E-state index contributed by atoms with van der Waals surface area (Å²) >= 11 is 0. The Bertz CT molecular complexity index is 164. The molecule has 96 valence electrons. The van der Waals surface area contributed by atoms with Crippen LogP contribution in [0.25, 0.3) is 0 Å². The summed E-state index contributed by atoms with van der Waals surface area (Å²) < 4.78 is 15.6. The van der Waals surface area contributed by atoms with E-state index in [1.54, 1.807) is 0 Å². The number of rotatable bonds is 8.